The van der Waals surface area contributed by atoms with E-state index in [9.17, 15) is 4.79 Å². The van der Waals surface area contributed by atoms with Crippen molar-refractivity contribution < 1.29 is 14.3 Å². The molecule has 31 heavy (non-hydrogen) atoms. The molecule has 2 aromatic heterocycles. The number of rotatable bonds is 11. The van der Waals surface area contributed by atoms with Crippen LogP contribution >= 0.6 is 0 Å². The van der Waals surface area contributed by atoms with Gasteiger partial charge < -0.3 is 19.7 Å². The van der Waals surface area contributed by atoms with Gasteiger partial charge in [-0.3, -0.25) is 14.8 Å². The lowest BCUT2D eigenvalue weighted by Crippen LogP contribution is -2.38. The van der Waals surface area contributed by atoms with E-state index in [-0.39, 0.29) is 11.6 Å². The number of ether oxygens (including phenoxy) is 2. The second-order valence-electron chi connectivity index (χ2n) is 7.57. The van der Waals surface area contributed by atoms with Gasteiger partial charge in [-0.2, -0.15) is 10.1 Å². The highest BCUT2D eigenvalue weighted by molar-refractivity contribution is 6.02. The van der Waals surface area contributed by atoms with E-state index in [1.807, 2.05) is 6.92 Å². The van der Waals surface area contributed by atoms with Gasteiger partial charge in [-0.25, -0.2) is 4.98 Å². The SMILES string of the molecule is CCCN(CCC)c1nc(OCCN2CCOCC2)cc(C(=O)Nc2cc(C)[nH]n2)n1. The molecule has 1 fully saturated rings. The van der Waals surface area contributed by atoms with Gasteiger partial charge >= 0.3 is 0 Å². The summed E-state index contributed by atoms with van der Waals surface area (Å²) in [6, 6.07) is 3.36. The van der Waals surface area contributed by atoms with E-state index < -0.39 is 0 Å². The summed E-state index contributed by atoms with van der Waals surface area (Å²) < 4.78 is 11.3. The normalized spacial score (nSPS) is 14.4. The van der Waals surface area contributed by atoms with Crippen LogP contribution in [0.1, 0.15) is 42.9 Å². The number of anilines is 2. The maximum Gasteiger partial charge on any atom is 0.275 e. The standard InChI is InChI=1S/C21H33N7O3/c1-4-6-28(7-5-2)21-22-17(20(29)23-18-14-16(3)25-26-18)15-19(24-21)31-13-10-27-8-11-30-12-9-27/h14-15H,4-13H2,1-3H3,(H2,23,25,26,29). The molecule has 10 heteroatoms. The minimum absolute atomic E-state index is 0.254. The molecule has 1 saturated heterocycles. The first-order chi connectivity index (χ1) is 15.1. The Morgan fingerprint density at radius 3 is 2.61 bits per heavy atom. The molecule has 0 aliphatic carbocycles. The quantitative estimate of drug-likeness (QED) is 0.557. The van der Waals surface area contributed by atoms with Crippen LogP contribution in [0.2, 0.25) is 0 Å². The van der Waals surface area contributed by atoms with Gasteiger partial charge in [0.1, 0.15) is 12.3 Å². The summed E-state index contributed by atoms with van der Waals surface area (Å²) in [6.45, 7) is 12.3. The Labute approximate surface area is 183 Å². The zero-order chi connectivity index (χ0) is 22.1. The first-order valence-corrected chi connectivity index (χ1v) is 11.0. The largest absolute Gasteiger partial charge is 0.476 e. The zero-order valence-corrected chi connectivity index (χ0v) is 18.7. The van der Waals surface area contributed by atoms with E-state index in [1.54, 1.807) is 12.1 Å². The first-order valence-electron chi connectivity index (χ1n) is 11.0. The van der Waals surface area contributed by atoms with Crippen LogP contribution < -0.4 is 15.0 Å². The molecule has 1 aliphatic rings. The number of carbonyl (C=O) groups is 1. The number of hydrogen-bond donors (Lipinski definition) is 2. The second-order valence-corrected chi connectivity index (χ2v) is 7.57. The van der Waals surface area contributed by atoms with Gasteiger partial charge in [0.15, 0.2) is 5.82 Å². The van der Waals surface area contributed by atoms with E-state index in [4.69, 9.17) is 9.47 Å². The van der Waals surface area contributed by atoms with Crippen molar-refractivity contribution >= 4 is 17.7 Å². The average Bonchev–Trinajstić information content (AvgIpc) is 3.18. The fourth-order valence-corrected chi connectivity index (χ4v) is 3.36. The van der Waals surface area contributed by atoms with Gasteiger partial charge in [0.2, 0.25) is 11.8 Å². The molecule has 2 N–H and O–H groups in total. The van der Waals surface area contributed by atoms with Gasteiger partial charge in [-0.1, -0.05) is 13.8 Å². The van der Waals surface area contributed by atoms with Gasteiger partial charge in [0, 0.05) is 50.6 Å². The summed E-state index contributed by atoms with van der Waals surface area (Å²) in [6.07, 6.45) is 1.92. The molecule has 0 unspecified atom stereocenters. The van der Waals surface area contributed by atoms with Crippen molar-refractivity contribution in [3.8, 4) is 5.88 Å². The zero-order valence-electron chi connectivity index (χ0n) is 18.7. The van der Waals surface area contributed by atoms with Gasteiger partial charge in [-0.15, -0.1) is 0 Å². The van der Waals surface area contributed by atoms with Crippen molar-refractivity contribution in [3.05, 3.63) is 23.5 Å². The molecule has 0 bridgehead atoms. The summed E-state index contributed by atoms with van der Waals surface area (Å²) in [5.41, 5.74) is 1.12. The lowest BCUT2D eigenvalue weighted by molar-refractivity contribution is 0.0320. The molecular weight excluding hydrogens is 398 g/mol. The fraction of sp³-hybridized carbons (Fsp3) is 0.619. The van der Waals surface area contributed by atoms with E-state index >= 15 is 0 Å². The van der Waals surface area contributed by atoms with Crippen LogP contribution in [0.25, 0.3) is 0 Å². The lowest BCUT2D eigenvalue weighted by atomic mass is 10.3. The second kappa shape index (κ2) is 11.6. The summed E-state index contributed by atoms with van der Waals surface area (Å²) >= 11 is 0. The number of carbonyl (C=O) groups excluding carboxylic acids is 1. The number of nitrogens with zero attached hydrogens (tertiary/aromatic N) is 5. The van der Waals surface area contributed by atoms with Gasteiger partial charge in [0.25, 0.3) is 5.91 Å². The molecule has 2 aromatic rings. The number of hydrogen-bond acceptors (Lipinski definition) is 8. The van der Waals surface area contributed by atoms with E-state index in [1.165, 1.54) is 0 Å². The van der Waals surface area contributed by atoms with Crippen molar-refractivity contribution in [2.45, 2.75) is 33.6 Å². The summed E-state index contributed by atoms with van der Waals surface area (Å²) in [5.74, 6) is 1.02. The lowest BCUT2D eigenvalue weighted by Gasteiger charge is -2.26. The third-order valence-electron chi connectivity index (χ3n) is 4.90. The predicted octanol–water partition coefficient (Wildman–Crippen LogP) is 2.10. The third-order valence-corrected chi connectivity index (χ3v) is 4.90. The molecular formula is C21H33N7O3. The van der Waals surface area contributed by atoms with Crippen molar-refractivity contribution in [2.24, 2.45) is 0 Å². The Hall–Kier alpha value is -2.72. The van der Waals surface area contributed by atoms with Crippen molar-refractivity contribution in [2.75, 3.05) is 62.8 Å². The highest BCUT2D eigenvalue weighted by Crippen LogP contribution is 2.18. The number of aryl methyl sites for hydroxylation is 1. The number of H-pyrrole nitrogens is 1. The Balaban J connectivity index is 1.75. The minimum atomic E-state index is -0.346. The van der Waals surface area contributed by atoms with Gasteiger partial charge in [-0.05, 0) is 19.8 Å². The van der Waals surface area contributed by atoms with Crippen LogP contribution in [0.5, 0.6) is 5.88 Å². The molecule has 0 radical (unpaired) electrons. The molecule has 3 heterocycles. The molecule has 0 aromatic carbocycles. The van der Waals surface area contributed by atoms with Gasteiger partial charge in [0.05, 0.1) is 13.2 Å². The maximum absolute atomic E-state index is 12.8. The fourth-order valence-electron chi connectivity index (χ4n) is 3.36. The molecule has 0 saturated carbocycles. The molecule has 170 valence electrons. The van der Waals surface area contributed by atoms with Crippen molar-refractivity contribution in [3.63, 3.8) is 0 Å². The maximum atomic E-state index is 12.8. The smallest absolute Gasteiger partial charge is 0.275 e. The Bertz CT molecular complexity index is 830. The number of aromatic amines is 1. The minimum Gasteiger partial charge on any atom is -0.476 e. The van der Waals surface area contributed by atoms with E-state index in [0.29, 0.717) is 24.3 Å². The molecule has 0 atom stereocenters. The summed E-state index contributed by atoms with van der Waals surface area (Å²) in [5, 5.41) is 9.66. The molecule has 10 nitrogen and oxygen atoms in total. The molecule has 3 rings (SSSR count). The highest BCUT2D eigenvalue weighted by atomic mass is 16.5. The number of nitrogens with one attached hydrogen (secondary N) is 2. The monoisotopic (exact) mass is 431 g/mol. The van der Waals surface area contributed by atoms with Crippen molar-refractivity contribution in [1.82, 2.24) is 25.1 Å². The molecule has 1 amide bonds. The Morgan fingerprint density at radius 1 is 1.23 bits per heavy atom. The van der Waals surface area contributed by atoms with E-state index in [2.05, 4.69) is 49.1 Å². The first kappa shape index (κ1) is 23.0. The van der Waals surface area contributed by atoms with Crippen LogP contribution in [0, 0.1) is 6.92 Å². The Kier molecular flexibility index (Phi) is 8.60. The topological polar surface area (TPSA) is 108 Å². The average molecular weight is 432 g/mol. The van der Waals surface area contributed by atoms with Crippen LogP contribution in [-0.4, -0.2) is 83.5 Å². The summed E-state index contributed by atoms with van der Waals surface area (Å²) in [7, 11) is 0. The number of aromatic nitrogens is 4. The highest BCUT2D eigenvalue weighted by Gasteiger charge is 2.18. The Morgan fingerprint density at radius 2 is 1.97 bits per heavy atom. The van der Waals surface area contributed by atoms with Crippen molar-refractivity contribution in [1.29, 1.82) is 0 Å². The van der Waals surface area contributed by atoms with Crippen LogP contribution in [-0.2, 0) is 4.74 Å². The number of morpholine rings is 1. The summed E-state index contributed by atoms with van der Waals surface area (Å²) in [4.78, 5) is 26.3. The van der Waals surface area contributed by atoms with Crippen LogP contribution in [0.15, 0.2) is 12.1 Å². The third kappa shape index (κ3) is 6.90. The van der Waals surface area contributed by atoms with E-state index in [0.717, 1.165) is 64.5 Å². The van der Waals surface area contributed by atoms with Crippen LogP contribution in [0.3, 0.4) is 0 Å². The predicted molar refractivity (Wildman–Crippen MR) is 119 cm³/mol. The van der Waals surface area contributed by atoms with Crippen LogP contribution in [0.4, 0.5) is 11.8 Å². The molecule has 1 aliphatic heterocycles. The number of amides is 1. The molecule has 0 spiro atoms.